The third-order valence-electron chi connectivity index (χ3n) is 2.52. The first-order chi connectivity index (χ1) is 8.52. The minimum absolute atomic E-state index is 0.0762. The number of para-hydroxylation sites is 1. The Hall–Kier alpha value is -1.55. The van der Waals surface area contributed by atoms with Crippen LogP contribution in [0.4, 0.5) is 5.69 Å². The molecule has 0 fully saturated rings. The number of amides is 1. The Morgan fingerprint density at radius 2 is 2.22 bits per heavy atom. The molecule has 0 aliphatic carbocycles. The number of carbonyl (C=O) groups is 1. The molecule has 2 rings (SSSR count). The Morgan fingerprint density at radius 3 is 2.83 bits per heavy atom. The van der Waals surface area contributed by atoms with Gasteiger partial charge in [-0.1, -0.05) is 12.1 Å². The molecule has 0 unspecified atom stereocenters. The zero-order valence-electron chi connectivity index (χ0n) is 10.4. The first-order valence-corrected chi connectivity index (χ1v) is 6.23. The summed E-state index contributed by atoms with van der Waals surface area (Å²) >= 11 is 5.49. The molecular formula is C13H15ClN2O2. The van der Waals surface area contributed by atoms with E-state index in [1.54, 1.807) is 6.07 Å². The van der Waals surface area contributed by atoms with Gasteiger partial charge in [0.05, 0.1) is 16.8 Å². The number of benzene rings is 1. The molecule has 0 saturated carbocycles. The first-order valence-electron chi connectivity index (χ1n) is 5.70. The van der Waals surface area contributed by atoms with Crippen LogP contribution in [0, 0.1) is 0 Å². The summed E-state index contributed by atoms with van der Waals surface area (Å²) in [5, 5.41) is 2.73. The highest BCUT2D eigenvalue weighted by Crippen LogP contribution is 2.24. The number of hydrogen-bond donors (Lipinski definition) is 1. The second kappa shape index (κ2) is 4.98. The molecular weight excluding hydrogens is 252 g/mol. The summed E-state index contributed by atoms with van der Waals surface area (Å²) in [6.07, 6.45) is 0. The van der Waals surface area contributed by atoms with E-state index in [1.807, 2.05) is 32.0 Å². The highest BCUT2D eigenvalue weighted by Gasteiger charge is 2.28. The molecule has 1 aromatic carbocycles. The summed E-state index contributed by atoms with van der Waals surface area (Å²) in [4.78, 5) is 15.8. The largest absolute Gasteiger partial charge is 0.475 e. The Morgan fingerprint density at radius 1 is 1.50 bits per heavy atom. The van der Waals surface area contributed by atoms with Crippen molar-refractivity contribution in [2.24, 2.45) is 4.99 Å². The van der Waals surface area contributed by atoms with Crippen LogP contribution < -0.4 is 5.32 Å². The summed E-state index contributed by atoms with van der Waals surface area (Å²) in [5.74, 6) is 0.236. The predicted octanol–water partition coefficient (Wildman–Crippen LogP) is 2.42. The second-order valence-corrected chi connectivity index (χ2v) is 5.01. The highest BCUT2D eigenvalue weighted by atomic mass is 35.5. The maximum atomic E-state index is 11.4. The van der Waals surface area contributed by atoms with Gasteiger partial charge in [0, 0.05) is 0 Å². The van der Waals surface area contributed by atoms with Crippen LogP contribution in [0.2, 0.25) is 0 Å². The van der Waals surface area contributed by atoms with Gasteiger partial charge in [-0.15, -0.1) is 11.6 Å². The van der Waals surface area contributed by atoms with Gasteiger partial charge in [-0.2, -0.15) is 0 Å². The van der Waals surface area contributed by atoms with Gasteiger partial charge >= 0.3 is 0 Å². The molecule has 96 valence electrons. The van der Waals surface area contributed by atoms with E-state index in [9.17, 15) is 4.79 Å². The first kappa shape index (κ1) is 12.9. The minimum atomic E-state index is -0.248. The lowest BCUT2D eigenvalue weighted by Crippen LogP contribution is -2.17. The molecule has 1 aliphatic heterocycles. The van der Waals surface area contributed by atoms with Gasteiger partial charge in [-0.05, 0) is 26.0 Å². The van der Waals surface area contributed by atoms with Crippen LogP contribution in [0.25, 0.3) is 0 Å². The van der Waals surface area contributed by atoms with Crippen LogP contribution in [0.15, 0.2) is 29.3 Å². The lowest BCUT2D eigenvalue weighted by Gasteiger charge is -2.09. The molecule has 1 amide bonds. The van der Waals surface area contributed by atoms with E-state index < -0.39 is 0 Å². The molecule has 5 heteroatoms. The molecule has 1 aromatic rings. The van der Waals surface area contributed by atoms with Crippen molar-refractivity contribution in [1.29, 1.82) is 0 Å². The van der Waals surface area contributed by atoms with Crippen molar-refractivity contribution in [3.05, 3.63) is 29.8 Å². The Kier molecular flexibility index (Phi) is 3.57. The van der Waals surface area contributed by atoms with Crippen molar-refractivity contribution < 1.29 is 9.53 Å². The van der Waals surface area contributed by atoms with Crippen LogP contribution in [0.3, 0.4) is 0 Å². The van der Waals surface area contributed by atoms with E-state index >= 15 is 0 Å². The topological polar surface area (TPSA) is 50.7 Å². The van der Waals surface area contributed by atoms with Crippen molar-refractivity contribution in [3.63, 3.8) is 0 Å². The fourth-order valence-corrected chi connectivity index (χ4v) is 1.75. The van der Waals surface area contributed by atoms with Crippen molar-refractivity contribution in [2.75, 3.05) is 17.8 Å². The van der Waals surface area contributed by atoms with Crippen molar-refractivity contribution in [3.8, 4) is 0 Å². The van der Waals surface area contributed by atoms with Crippen LogP contribution in [0.5, 0.6) is 0 Å². The summed E-state index contributed by atoms with van der Waals surface area (Å²) < 4.78 is 5.58. The molecule has 0 spiro atoms. The van der Waals surface area contributed by atoms with E-state index in [1.165, 1.54) is 0 Å². The number of hydrogen-bond acceptors (Lipinski definition) is 3. The summed E-state index contributed by atoms with van der Waals surface area (Å²) in [7, 11) is 0. The van der Waals surface area contributed by atoms with Gasteiger partial charge < -0.3 is 10.1 Å². The number of nitrogens with zero attached hydrogens (tertiary/aromatic N) is 1. The van der Waals surface area contributed by atoms with Crippen molar-refractivity contribution >= 4 is 29.1 Å². The molecule has 0 radical (unpaired) electrons. The van der Waals surface area contributed by atoms with Crippen LogP contribution in [-0.2, 0) is 9.53 Å². The van der Waals surface area contributed by atoms with Crippen LogP contribution in [0.1, 0.15) is 19.4 Å². The maximum Gasteiger partial charge on any atom is 0.239 e. The van der Waals surface area contributed by atoms with E-state index in [4.69, 9.17) is 16.3 Å². The Labute approximate surface area is 111 Å². The van der Waals surface area contributed by atoms with E-state index in [0.29, 0.717) is 18.2 Å². The molecule has 0 bridgehead atoms. The lowest BCUT2D eigenvalue weighted by molar-refractivity contribution is -0.113. The third-order valence-corrected chi connectivity index (χ3v) is 2.76. The van der Waals surface area contributed by atoms with Gasteiger partial charge in [0.2, 0.25) is 11.8 Å². The number of carbonyl (C=O) groups excluding carboxylic acids is 1. The maximum absolute atomic E-state index is 11.4. The van der Waals surface area contributed by atoms with Crippen LogP contribution in [-0.4, -0.2) is 29.8 Å². The molecule has 4 nitrogen and oxygen atoms in total. The predicted molar refractivity (Wildman–Crippen MR) is 72.4 cm³/mol. The second-order valence-electron chi connectivity index (χ2n) is 4.75. The average Bonchev–Trinajstić information content (AvgIpc) is 2.70. The van der Waals surface area contributed by atoms with Gasteiger partial charge in [-0.25, -0.2) is 4.99 Å². The Bertz CT molecular complexity index is 498. The van der Waals surface area contributed by atoms with Gasteiger partial charge in [0.25, 0.3) is 0 Å². The number of anilines is 1. The Balaban J connectivity index is 2.31. The zero-order chi connectivity index (χ0) is 13.2. The molecule has 0 aromatic heterocycles. The highest BCUT2D eigenvalue weighted by molar-refractivity contribution is 6.29. The molecule has 0 atom stereocenters. The monoisotopic (exact) mass is 266 g/mol. The molecule has 1 N–H and O–H groups in total. The van der Waals surface area contributed by atoms with Crippen LogP contribution >= 0.6 is 11.6 Å². The number of ether oxygens (including phenoxy) is 1. The van der Waals surface area contributed by atoms with E-state index in [2.05, 4.69) is 10.3 Å². The van der Waals surface area contributed by atoms with Gasteiger partial charge in [0.1, 0.15) is 12.5 Å². The van der Waals surface area contributed by atoms with Crippen molar-refractivity contribution in [2.45, 2.75) is 19.4 Å². The average molecular weight is 267 g/mol. The molecule has 1 aliphatic rings. The van der Waals surface area contributed by atoms with Gasteiger partial charge in [-0.3, -0.25) is 4.79 Å². The standard InChI is InChI=1S/C13H15ClN2O2/c1-13(2)8-18-12(16-13)9-5-3-4-6-10(9)15-11(17)7-14/h3-6H,7-8H2,1-2H3,(H,15,17). The fourth-order valence-electron chi connectivity index (χ4n) is 1.68. The zero-order valence-corrected chi connectivity index (χ0v) is 11.1. The number of alkyl halides is 1. The third kappa shape index (κ3) is 2.82. The summed E-state index contributed by atoms with van der Waals surface area (Å²) in [6.45, 7) is 4.54. The molecule has 18 heavy (non-hydrogen) atoms. The lowest BCUT2D eigenvalue weighted by atomic mass is 10.1. The number of halogens is 1. The molecule has 0 saturated heterocycles. The number of rotatable bonds is 3. The number of nitrogens with one attached hydrogen (secondary N) is 1. The van der Waals surface area contributed by atoms with E-state index in [-0.39, 0.29) is 17.3 Å². The van der Waals surface area contributed by atoms with E-state index in [0.717, 1.165) is 5.56 Å². The fraction of sp³-hybridized carbons (Fsp3) is 0.385. The SMILES string of the molecule is CC1(C)COC(c2ccccc2NC(=O)CCl)=N1. The van der Waals surface area contributed by atoms with Crippen molar-refractivity contribution in [1.82, 2.24) is 0 Å². The quantitative estimate of drug-likeness (QED) is 0.854. The molecule has 1 heterocycles. The smallest absolute Gasteiger partial charge is 0.239 e. The summed E-state index contributed by atoms with van der Waals surface area (Å²) in [5.41, 5.74) is 1.22. The number of aliphatic imine (C=N–C) groups is 1. The summed E-state index contributed by atoms with van der Waals surface area (Å²) in [6, 6.07) is 7.39. The normalized spacial score (nSPS) is 16.9. The van der Waals surface area contributed by atoms with Gasteiger partial charge in [0.15, 0.2) is 0 Å². The minimum Gasteiger partial charge on any atom is -0.475 e.